The molecule has 126 valence electrons. The van der Waals surface area contributed by atoms with Crippen molar-refractivity contribution in [2.75, 3.05) is 31.3 Å². The van der Waals surface area contributed by atoms with Crippen molar-refractivity contribution in [1.82, 2.24) is 19.9 Å². The summed E-state index contributed by atoms with van der Waals surface area (Å²) in [4.78, 5) is 26.2. The topological polar surface area (TPSA) is 101 Å². The van der Waals surface area contributed by atoms with Gasteiger partial charge in [0.15, 0.2) is 5.82 Å². The van der Waals surface area contributed by atoms with E-state index in [9.17, 15) is 9.59 Å². The second-order valence-corrected chi connectivity index (χ2v) is 5.55. The second kappa shape index (κ2) is 6.57. The minimum absolute atomic E-state index is 0.0502. The van der Waals surface area contributed by atoms with Crippen LogP contribution >= 0.6 is 0 Å². The van der Waals surface area contributed by atoms with Gasteiger partial charge in [-0.3, -0.25) is 10.1 Å². The average molecular weight is 330 g/mol. The molecule has 2 heterocycles. The molecule has 0 spiro atoms. The molecule has 3 amide bonds. The maximum Gasteiger partial charge on any atom is 0.322 e. The second-order valence-electron chi connectivity index (χ2n) is 5.55. The molecule has 9 heteroatoms. The first kappa shape index (κ1) is 15.8. The largest absolute Gasteiger partial charge is 0.493 e. The number of aromatic nitrogens is 3. The molecular formula is C15H18N6O3. The molecule has 1 aliphatic heterocycles. The van der Waals surface area contributed by atoms with Crippen LogP contribution in [0.15, 0.2) is 24.4 Å². The number of rotatable bonds is 4. The van der Waals surface area contributed by atoms with Gasteiger partial charge in [-0.1, -0.05) is 0 Å². The number of hydrogen-bond acceptors (Lipinski definition) is 5. The minimum Gasteiger partial charge on any atom is -0.493 e. The molecule has 0 fully saturated rings. The van der Waals surface area contributed by atoms with E-state index in [0.717, 1.165) is 17.7 Å². The Bertz CT molecular complexity index is 770. The first-order valence-electron chi connectivity index (χ1n) is 7.45. The molecule has 0 unspecified atom stereocenters. The van der Waals surface area contributed by atoms with Crippen LogP contribution < -0.4 is 15.4 Å². The lowest BCUT2D eigenvalue weighted by molar-refractivity contribution is -0.117. The standard InChI is InChI=1S/C15H18N6O3/c1-20(2)15(23)18-13-8-16-21(19-13)9-14(22)17-11-3-4-12-10(7-11)5-6-24-12/h3-4,7-8H,5-6,9H2,1-2H3,(H,17,22)(H,18,19,23). The summed E-state index contributed by atoms with van der Waals surface area (Å²) in [6, 6.07) is 5.23. The van der Waals surface area contributed by atoms with Crippen LogP contribution in [0.2, 0.25) is 0 Å². The van der Waals surface area contributed by atoms with Crippen molar-refractivity contribution in [3.8, 4) is 5.75 Å². The number of anilines is 2. The highest BCUT2D eigenvalue weighted by molar-refractivity contribution is 5.91. The van der Waals surface area contributed by atoms with E-state index in [4.69, 9.17) is 4.74 Å². The maximum absolute atomic E-state index is 12.1. The van der Waals surface area contributed by atoms with Gasteiger partial charge >= 0.3 is 6.03 Å². The molecule has 0 radical (unpaired) electrons. The van der Waals surface area contributed by atoms with E-state index in [0.29, 0.717) is 12.3 Å². The lowest BCUT2D eigenvalue weighted by atomic mass is 10.1. The van der Waals surface area contributed by atoms with Gasteiger partial charge < -0.3 is 15.0 Å². The fourth-order valence-corrected chi connectivity index (χ4v) is 2.25. The van der Waals surface area contributed by atoms with Crippen molar-refractivity contribution in [3.63, 3.8) is 0 Å². The molecule has 3 rings (SSSR count). The Hall–Kier alpha value is -3.10. The molecule has 1 aromatic carbocycles. The zero-order valence-corrected chi connectivity index (χ0v) is 13.4. The fraction of sp³-hybridized carbons (Fsp3) is 0.333. The van der Waals surface area contributed by atoms with Crippen LogP contribution in [0.5, 0.6) is 5.75 Å². The molecule has 0 bridgehead atoms. The SMILES string of the molecule is CN(C)C(=O)Nc1cnn(CC(=O)Nc2ccc3c(c2)CCO3)n1. The van der Waals surface area contributed by atoms with Gasteiger partial charge in [-0.15, -0.1) is 5.10 Å². The van der Waals surface area contributed by atoms with E-state index < -0.39 is 0 Å². The van der Waals surface area contributed by atoms with Gasteiger partial charge in [0.2, 0.25) is 5.91 Å². The molecule has 0 saturated heterocycles. The number of nitrogens with zero attached hydrogens (tertiary/aromatic N) is 4. The van der Waals surface area contributed by atoms with Crippen molar-refractivity contribution in [2.45, 2.75) is 13.0 Å². The zero-order chi connectivity index (χ0) is 17.1. The van der Waals surface area contributed by atoms with Gasteiger partial charge in [0, 0.05) is 26.2 Å². The number of amides is 3. The predicted octanol–water partition coefficient (Wildman–Crippen LogP) is 0.945. The maximum atomic E-state index is 12.1. The summed E-state index contributed by atoms with van der Waals surface area (Å²) in [5.41, 5.74) is 1.79. The smallest absolute Gasteiger partial charge is 0.322 e. The van der Waals surface area contributed by atoms with Crippen molar-refractivity contribution >= 4 is 23.4 Å². The van der Waals surface area contributed by atoms with Gasteiger partial charge in [0.1, 0.15) is 12.3 Å². The summed E-state index contributed by atoms with van der Waals surface area (Å²) in [5.74, 6) is 0.897. The van der Waals surface area contributed by atoms with E-state index in [1.54, 1.807) is 20.2 Å². The molecule has 1 aromatic heterocycles. The zero-order valence-electron chi connectivity index (χ0n) is 13.4. The van der Waals surface area contributed by atoms with Gasteiger partial charge in [-0.25, -0.2) is 4.79 Å². The Balaban J connectivity index is 1.57. The van der Waals surface area contributed by atoms with Crippen LogP contribution in [0.1, 0.15) is 5.56 Å². The van der Waals surface area contributed by atoms with Crippen LogP contribution in [0.25, 0.3) is 0 Å². The third-order valence-corrected chi connectivity index (χ3v) is 3.44. The molecule has 24 heavy (non-hydrogen) atoms. The summed E-state index contributed by atoms with van der Waals surface area (Å²) < 4.78 is 5.43. The quantitative estimate of drug-likeness (QED) is 0.869. The van der Waals surface area contributed by atoms with Crippen molar-refractivity contribution in [2.24, 2.45) is 0 Å². The summed E-state index contributed by atoms with van der Waals surface area (Å²) in [6.45, 7) is 0.622. The Morgan fingerprint density at radius 3 is 2.96 bits per heavy atom. The number of ether oxygens (including phenoxy) is 1. The number of nitrogens with one attached hydrogen (secondary N) is 2. The summed E-state index contributed by atoms with van der Waals surface area (Å²) in [7, 11) is 3.24. The van der Waals surface area contributed by atoms with E-state index in [2.05, 4.69) is 20.8 Å². The van der Waals surface area contributed by atoms with Crippen molar-refractivity contribution in [3.05, 3.63) is 30.0 Å². The summed E-state index contributed by atoms with van der Waals surface area (Å²) in [5, 5.41) is 13.4. The normalized spacial score (nSPS) is 12.2. The van der Waals surface area contributed by atoms with Gasteiger partial charge in [0.25, 0.3) is 0 Å². The molecule has 2 aromatic rings. The van der Waals surface area contributed by atoms with Gasteiger partial charge in [-0.05, 0) is 23.8 Å². The van der Waals surface area contributed by atoms with E-state index in [1.807, 2.05) is 12.1 Å². The van der Waals surface area contributed by atoms with Crippen LogP contribution in [0.4, 0.5) is 16.3 Å². The summed E-state index contributed by atoms with van der Waals surface area (Å²) >= 11 is 0. The molecule has 0 aliphatic carbocycles. The monoisotopic (exact) mass is 330 g/mol. The number of urea groups is 1. The lowest BCUT2D eigenvalue weighted by Gasteiger charge is -2.09. The third kappa shape index (κ3) is 3.62. The average Bonchev–Trinajstić information content (AvgIpc) is 3.15. The Morgan fingerprint density at radius 2 is 2.17 bits per heavy atom. The van der Waals surface area contributed by atoms with E-state index in [1.165, 1.54) is 15.9 Å². The molecule has 9 nitrogen and oxygen atoms in total. The van der Waals surface area contributed by atoms with Crippen molar-refractivity contribution < 1.29 is 14.3 Å². The molecule has 0 saturated carbocycles. The third-order valence-electron chi connectivity index (χ3n) is 3.44. The first-order valence-corrected chi connectivity index (χ1v) is 7.45. The van der Waals surface area contributed by atoms with Crippen LogP contribution in [-0.2, 0) is 17.8 Å². The van der Waals surface area contributed by atoms with Gasteiger partial charge in [-0.2, -0.15) is 9.90 Å². The highest BCUT2D eigenvalue weighted by Gasteiger charge is 2.14. The first-order chi connectivity index (χ1) is 11.5. The van der Waals surface area contributed by atoms with E-state index >= 15 is 0 Å². The number of hydrogen-bond donors (Lipinski definition) is 2. The highest BCUT2D eigenvalue weighted by atomic mass is 16.5. The Morgan fingerprint density at radius 1 is 1.33 bits per heavy atom. The fourth-order valence-electron chi connectivity index (χ4n) is 2.25. The molecule has 2 N–H and O–H groups in total. The highest BCUT2D eigenvalue weighted by Crippen LogP contribution is 2.27. The van der Waals surface area contributed by atoms with Crippen LogP contribution in [-0.4, -0.2) is 52.5 Å². The molecule has 0 atom stereocenters. The molecule has 1 aliphatic rings. The van der Waals surface area contributed by atoms with Crippen molar-refractivity contribution in [1.29, 1.82) is 0 Å². The van der Waals surface area contributed by atoms with E-state index in [-0.39, 0.29) is 24.3 Å². The number of benzene rings is 1. The van der Waals surface area contributed by atoms with Crippen LogP contribution in [0, 0.1) is 0 Å². The minimum atomic E-state index is -0.313. The molecular weight excluding hydrogens is 312 g/mol. The number of fused-ring (bicyclic) bond motifs is 1. The lowest BCUT2D eigenvalue weighted by Crippen LogP contribution is -2.27. The number of carbonyl (C=O) groups is 2. The Kier molecular flexibility index (Phi) is 4.32. The Labute approximate surface area is 138 Å². The van der Waals surface area contributed by atoms with Crippen LogP contribution in [0.3, 0.4) is 0 Å². The predicted molar refractivity (Wildman–Crippen MR) is 87.0 cm³/mol. The summed E-state index contributed by atoms with van der Waals surface area (Å²) in [6.07, 6.45) is 2.23. The van der Waals surface area contributed by atoms with Gasteiger partial charge in [0.05, 0.1) is 12.8 Å². The number of carbonyl (C=O) groups excluding carboxylic acids is 2.